The van der Waals surface area contributed by atoms with Gasteiger partial charge < -0.3 is 33.2 Å². The highest BCUT2D eigenvalue weighted by atomic mass is 16.9. The normalized spacial score (nSPS) is 32.9. The monoisotopic (exact) mass is 306 g/mol. The lowest BCUT2D eigenvalue weighted by molar-refractivity contribution is -0.243. The Bertz CT molecular complexity index is 250. The molecule has 2 fully saturated rings. The van der Waals surface area contributed by atoms with Gasteiger partial charge in [0.15, 0.2) is 0 Å². The van der Waals surface area contributed by atoms with Gasteiger partial charge in [0, 0.05) is 0 Å². The van der Waals surface area contributed by atoms with Gasteiger partial charge in [0.1, 0.15) is 12.2 Å². The second kappa shape index (κ2) is 9.68. The zero-order valence-corrected chi connectivity index (χ0v) is 12.8. The summed E-state index contributed by atoms with van der Waals surface area (Å²) in [6.07, 6.45) is 1.68. The highest BCUT2D eigenvalue weighted by Crippen LogP contribution is 2.16. The summed E-state index contributed by atoms with van der Waals surface area (Å²) in [5.74, 6) is 0. The molecule has 21 heavy (non-hydrogen) atoms. The van der Waals surface area contributed by atoms with E-state index < -0.39 is 13.0 Å². The third kappa shape index (κ3) is 6.15. The Morgan fingerprint density at radius 3 is 1.71 bits per heavy atom. The van der Waals surface area contributed by atoms with E-state index in [1.165, 1.54) is 0 Å². The molecule has 2 aliphatic rings. The van der Waals surface area contributed by atoms with Crippen LogP contribution in [0.2, 0.25) is 0 Å². The van der Waals surface area contributed by atoms with Crippen molar-refractivity contribution in [3.63, 3.8) is 0 Å². The number of rotatable bonds is 10. The number of ether oxygens (including phenoxy) is 7. The minimum atomic E-state index is -0.559. The lowest BCUT2D eigenvalue weighted by Crippen LogP contribution is -2.25. The first-order valence-corrected chi connectivity index (χ1v) is 7.66. The Morgan fingerprint density at radius 1 is 0.810 bits per heavy atom. The Kier molecular flexibility index (Phi) is 7.87. The molecule has 0 spiro atoms. The van der Waals surface area contributed by atoms with Crippen molar-refractivity contribution in [2.45, 2.75) is 51.8 Å². The molecule has 7 nitrogen and oxygen atoms in total. The summed E-state index contributed by atoms with van der Waals surface area (Å²) in [5.41, 5.74) is 0. The molecule has 4 unspecified atom stereocenters. The fourth-order valence-electron chi connectivity index (χ4n) is 1.95. The van der Waals surface area contributed by atoms with Crippen molar-refractivity contribution in [3.05, 3.63) is 0 Å². The van der Waals surface area contributed by atoms with Crippen molar-refractivity contribution in [3.8, 4) is 0 Å². The van der Waals surface area contributed by atoms with Gasteiger partial charge in [0.2, 0.25) is 0 Å². The lowest BCUT2D eigenvalue weighted by Gasteiger charge is -2.14. The molecule has 0 aromatic heterocycles. The van der Waals surface area contributed by atoms with Crippen molar-refractivity contribution < 1.29 is 33.2 Å². The van der Waals surface area contributed by atoms with Crippen LogP contribution in [0, 0.1) is 0 Å². The highest BCUT2D eigenvalue weighted by Gasteiger charge is 2.29. The van der Waals surface area contributed by atoms with Crippen molar-refractivity contribution in [1.82, 2.24) is 0 Å². The van der Waals surface area contributed by atoms with E-state index in [2.05, 4.69) is 0 Å². The first kappa shape index (κ1) is 17.1. The molecular formula is C14H26O7. The molecule has 2 aliphatic heterocycles. The van der Waals surface area contributed by atoms with Gasteiger partial charge in [-0.25, -0.2) is 0 Å². The molecular weight excluding hydrogens is 280 g/mol. The third-order valence-electron chi connectivity index (χ3n) is 2.97. The Balaban J connectivity index is 1.50. The molecule has 0 bridgehead atoms. The van der Waals surface area contributed by atoms with Crippen LogP contribution in [0.5, 0.6) is 0 Å². The average Bonchev–Trinajstić information content (AvgIpc) is 3.12. The summed E-state index contributed by atoms with van der Waals surface area (Å²) in [6.45, 7) is 6.09. The predicted molar refractivity (Wildman–Crippen MR) is 72.5 cm³/mol. The van der Waals surface area contributed by atoms with E-state index in [9.17, 15) is 0 Å². The highest BCUT2D eigenvalue weighted by molar-refractivity contribution is 4.64. The molecule has 124 valence electrons. The van der Waals surface area contributed by atoms with E-state index >= 15 is 0 Å². The summed E-state index contributed by atoms with van der Waals surface area (Å²) in [6, 6.07) is 0. The second-order valence-corrected chi connectivity index (χ2v) is 5.04. The molecule has 0 aromatic carbocycles. The maximum absolute atomic E-state index is 5.59. The van der Waals surface area contributed by atoms with Gasteiger partial charge in [-0.1, -0.05) is 13.8 Å². The van der Waals surface area contributed by atoms with Crippen LogP contribution in [-0.2, 0) is 33.2 Å². The standard InChI is InChI=1S/C14H26O7/c1-3-5-16-13-18-9-11(20-13)7-15-8-12-10-19-14(21-12)17-6-4-2/h11-14H,3-10H2,1-2H3. The van der Waals surface area contributed by atoms with Crippen molar-refractivity contribution >= 4 is 0 Å². The van der Waals surface area contributed by atoms with Crippen LogP contribution >= 0.6 is 0 Å². The summed E-state index contributed by atoms with van der Waals surface area (Å²) in [5, 5.41) is 0. The zero-order valence-electron chi connectivity index (χ0n) is 12.8. The average molecular weight is 306 g/mol. The summed E-state index contributed by atoms with van der Waals surface area (Å²) in [7, 11) is 0. The van der Waals surface area contributed by atoms with Gasteiger partial charge >= 0.3 is 0 Å². The SMILES string of the molecule is CCCOC1OCC(COCC2COC(OCCC)O2)O1. The fourth-order valence-corrected chi connectivity index (χ4v) is 1.95. The molecule has 0 radical (unpaired) electrons. The lowest BCUT2D eigenvalue weighted by atomic mass is 10.4. The molecule has 0 saturated carbocycles. The number of hydrogen-bond donors (Lipinski definition) is 0. The summed E-state index contributed by atoms with van der Waals surface area (Å²) >= 11 is 0. The molecule has 0 amide bonds. The first-order valence-electron chi connectivity index (χ1n) is 7.66. The van der Waals surface area contributed by atoms with E-state index in [1.807, 2.05) is 13.8 Å². The van der Waals surface area contributed by atoms with Crippen LogP contribution in [0.1, 0.15) is 26.7 Å². The van der Waals surface area contributed by atoms with Gasteiger partial charge in [-0.15, -0.1) is 0 Å². The zero-order chi connectivity index (χ0) is 14.9. The summed E-state index contributed by atoms with van der Waals surface area (Å²) in [4.78, 5) is 0. The number of hydrogen-bond acceptors (Lipinski definition) is 7. The second-order valence-electron chi connectivity index (χ2n) is 5.04. The summed E-state index contributed by atoms with van der Waals surface area (Å²) < 4.78 is 38.1. The van der Waals surface area contributed by atoms with Crippen molar-refractivity contribution in [2.24, 2.45) is 0 Å². The van der Waals surface area contributed by atoms with Crippen molar-refractivity contribution in [2.75, 3.05) is 39.6 Å². The molecule has 7 heteroatoms. The quantitative estimate of drug-likeness (QED) is 0.602. The molecule has 2 saturated heterocycles. The van der Waals surface area contributed by atoms with Crippen LogP contribution in [0.25, 0.3) is 0 Å². The molecule has 4 atom stereocenters. The van der Waals surface area contributed by atoms with Crippen LogP contribution in [-0.4, -0.2) is 64.8 Å². The van der Waals surface area contributed by atoms with Crippen LogP contribution in [0.4, 0.5) is 0 Å². The van der Waals surface area contributed by atoms with Crippen LogP contribution in [0.3, 0.4) is 0 Å². The van der Waals surface area contributed by atoms with Crippen LogP contribution < -0.4 is 0 Å². The molecule has 0 aromatic rings. The third-order valence-corrected chi connectivity index (χ3v) is 2.97. The van der Waals surface area contributed by atoms with Crippen molar-refractivity contribution in [1.29, 1.82) is 0 Å². The van der Waals surface area contributed by atoms with Gasteiger partial charge in [0.05, 0.1) is 39.6 Å². The Labute approximate surface area is 125 Å². The molecule has 0 N–H and O–H groups in total. The van der Waals surface area contributed by atoms with Gasteiger partial charge in [-0.2, -0.15) is 0 Å². The molecule has 0 aliphatic carbocycles. The van der Waals surface area contributed by atoms with Gasteiger partial charge in [-0.3, -0.25) is 0 Å². The Morgan fingerprint density at radius 2 is 1.29 bits per heavy atom. The van der Waals surface area contributed by atoms with E-state index in [1.54, 1.807) is 0 Å². The van der Waals surface area contributed by atoms with E-state index in [4.69, 9.17) is 33.2 Å². The maximum atomic E-state index is 5.59. The molecule has 2 rings (SSSR count). The van der Waals surface area contributed by atoms with E-state index in [0.717, 1.165) is 12.8 Å². The minimum Gasteiger partial charge on any atom is -0.376 e. The van der Waals surface area contributed by atoms with Gasteiger partial charge in [-0.05, 0) is 12.8 Å². The molecule has 2 heterocycles. The fraction of sp³-hybridized carbons (Fsp3) is 1.00. The van der Waals surface area contributed by atoms with Gasteiger partial charge in [0.25, 0.3) is 13.0 Å². The van der Waals surface area contributed by atoms with Crippen LogP contribution in [0.15, 0.2) is 0 Å². The van der Waals surface area contributed by atoms with E-state index in [-0.39, 0.29) is 12.2 Å². The first-order chi connectivity index (χ1) is 10.3. The largest absolute Gasteiger partial charge is 0.376 e. The maximum Gasteiger partial charge on any atom is 0.272 e. The Hall–Kier alpha value is -0.280. The minimum absolute atomic E-state index is 0.0960. The topological polar surface area (TPSA) is 64.6 Å². The predicted octanol–water partition coefficient (Wildman–Crippen LogP) is 1.25. The smallest absolute Gasteiger partial charge is 0.272 e. The van der Waals surface area contributed by atoms with E-state index in [0.29, 0.717) is 39.6 Å².